The van der Waals surface area contributed by atoms with Crippen molar-refractivity contribution in [2.24, 2.45) is 5.92 Å². The van der Waals surface area contributed by atoms with E-state index in [2.05, 4.69) is 24.7 Å². The molecule has 2 aromatic carbocycles. The highest BCUT2D eigenvalue weighted by Gasteiger charge is 2.06. The van der Waals surface area contributed by atoms with Gasteiger partial charge in [0.25, 0.3) is 0 Å². The van der Waals surface area contributed by atoms with Gasteiger partial charge in [-0.05, 0) is 42.2 Å². The second kappa shape index (κ2) is 9.06. The van der Waals surface area contributed by atoms with Gasteiger partial charge < -0.3 is 14.9 Å². The molecule has 2 rings (SSSR count). The Morgan fingerprint density at radius 2 is 1.78 bits per heavy atom. The van der Waals surface area contributed by atoms with Crippen LogP contribution in [0.15, 0.2) is 48.5 Å². The lowest BCUT2D eigenvalue weighted by molar-refractivity contribution is 0.272. The van der Waals surface area contributed by atoms with E-state index in [0.29, 0.717) is 19.1 Å². The second-order valence-corrected chi connectivity index (χ2v) is 5.86. The summed E-state index contributed by atoms with van der Waals surface area (Å²) in [6.45, 7) is 5.78. The molecule has 2 aromatic rings. The van der Waals surface area contributed by atoms with E-state index in [1.807, 2.05) is 48.5 Å². The summed E-state index contributed by atoms with van der Waals surface area (Å²) in [5.41, 5.74) is 8.56. The molecule has 0 aliphatic heterocycles. The quantitative estimate of drug-likeness (QED) is 0.680. The van der Waals surface area contributed by atoms with E-state index >= 15 is 0 Å². The first-order valence-electron chi connectivity index (χ1n) is 8.02. The number of para-hydroxylation sites is 1. The minimum absolute atomic E-state index is 0.626. The number of hydrazine groups is 1. The largest absolute Gasteiger partial charge is 0.493 e. The average molecular weight is 314 g/mol. The van der Waals surface area contributed by atoms with E-state index in [9.17, 15) is 0 Å². The standard InChI is InChI=1S/C19H26N2O2/c1-15(2)11-12-23-19-13-16(9-10-18(19)22-3)14-20-21-17-7-5-4-6-8-17/h4-10,13,15,20-21H,11-12,14H2,1-3H3. The lowest BCUT2D eigenvalue weighted by atomic mass is 10.1. The van der Waals surface area contributed by atoms with Crippen LogP contribution in [0.25, 0.3) is 0 Å². The Kier molecular flexibility index (Phi) is 6.76. The number of nitrogens with one attached hydrogen (secondary N) is 2. The topological polar surface area (TPSA) is 42.5 Å². The van der Waals surface area contributed by atoms with Gasteiger partial charge in [0.1, 0.15) is 0 Å². The zero-order valence-corrected chi connectivity index (χ0v) is 14.1. The normalized spacial score (nSPS) is 10.6. The third-order valence-electron chi connectivity index (χ3n) is 3.48. The molecule has 4 heteroatoms. The van der Waals surface area contributed by atoms with Gasteiger partial charge in [0.05, 0.1) is 13.7 Å². The predicted octanol–water partition coefficient (Wildman–Crippen LogP) is 4.24. The van der Waals surface area contributed by atoms with Crippen molar-refractivity contribution < 1.29 is 9.47 Å². The van der Waals surface area contributed by atoms with E-state index in [4.69, 9.17) is 9.47 Å². The predicted molar refractivity (Wildman–Crippen MR) is 94.8 cm³/mol. The Morgan fingerprint density at radius 3 is 2.48 bits per heavy atom. The zero-order valence-electron chi connectivity index (χ0n) is 14.1. The lowest BCUT2D eigenvalue weighted by Gasteiger charge is -2.14. The third kappa shape index (κ3) is 5.83. The van der Waals surface area contributed by atoms with Gasteiger partial charge >= 0.3 is 0 Å². The Morgan fingerprint density at radius 1 is 1.00 bits per heavy atom. The van der Waals surface area contributed by atoms with Crippen molar-refractivity contribution in [1.82, 2.24) is 5.43 Å². The third-order valence-corrected chi connectivity index (χ3v) is 3.48. The molecular formula is C19H26N2O2. The molecule has 4 nitrogen and oxygen atoms in total. The Hall–Kier alpha value is -2.20. The molecule has 0 saturated carbocycles. The van der Waals surface area contributed by atoms with Crippen LogP contribution in [0.2, 0.25) is 0 Å². The van der Waals surface area contributed by atoms with Crippen molar-refractivity contribution in [3.05, 3.63) is 54.1 Å². The SMILES string of the molecule is COc1ccc(CNNc2ccccc2)cc1OCCC(C)C. The van der Waals surface area contributed by atoms with Gasteiger partial charge in [-0.25, -0.2) is 5.43 Å². The van der Waals surface area contributed by atoms with Gasteiger partial charge in [-0.3, -0.25) is 0 Å². The minimum atomic E-state index is 0.626. The fourth-order valence-corrected chi connectivity index (χ4v) is 2.12. The molecule has 0 aliphatic rings. The summed E-state index contributed by atoms with van der Waals surface area (Å²) in [4.78, 5) is 0. The summed E-state index contributed by atoms with van der Waals surface area (Å²) in [7, 11) is 1.67. The molecule has 0 radical (unpaired) electrons. The van der Waals surface area contributed by atoms with Gasteiger partial charge in [0.15, 0.2) is 11.5 Å². The molecule has 0 heterocycles. The first-order chi connectivity index (χ1) is 11.2. The number of benzene rings is 2. The number of hydrogen-bond acceptors (Lipinski definition) is 4. The lowest BCUT2D eigenvalue weighted by Crippen LogP contribution is -2.20. The van der Waals surface area contributed by atoms with Crippen LogP contribution in [0.1, 0.15) is 25.8 Å². The van der Waals surface area contributed by atoms with Crippen LogP contribution in [0.3, 0.4) is 0 Å². The average Bonchev–Trinajstić information content (AvgIpc) is 2.56. The molecule has 0 spiro atoms. The van der Waals surface area contributed by atoms with E-state index in [1.165, 1.54) is 0 Å². The maximum Gasteiger partial charge on any atom is 0.161 e. The Balaban J connectivity index is 1.91. The number of anilines is 1. The van der Waals surface area contributed by atoms with E-state index in [-0.39, 0.29) is 0 Å². The fourth-order valence-electron chi connectivity index (χ4n) is 2.12. The summed E-state index contributed by atoms with van der Waals surface area (Å²) in [6.07, 6.45) is 1.03. The Labute approximate surface area is 138 Å². The monoisotopic (exact) mass is 314 g/mol. The van der Waals surface area contributed by atoms with E-state index in [0.717, 1.165) is 29.2 Å². The smallest absolute Gasteiger partial charge is 0.161 e. The van der Waals surface area contributed by atoms with Crippen LogP contribution in [-0.4, -0.2) is 13.7 Å². The molecule has 2 N–H and O–H groups in total. The van der Waals surface area contributed by atoms with Crippen LogP contribution in [0, 0.1) is 5.92 Å². The van der Waals surface area contributed by atoms with Gasteiger partial charge in [0.2, 0.25) is 0 Å². The molecule has 0 saturated heterocycles. The maximum atomic E-state index is 5.87. The molecule has 0 aromatic heterocycles. The van der Waals surface area contributed by atoms with Crippen molar-refractivity contribution in [2.45, 2.75) is 26.8 Å². The fraction of sp³-hybridized carbons (Fsp3) is 0.368. The number of rotatable bonds is 9. The number of hydrogen-bond donors (Lipinski definition) is 2. The molecule has 124 valence electrons. The highest BCUT2D eigenvalue weighted by molar-refractivity contribution is 5.44. The number of ether oxygens (including phenoxy) is 2. The molecule has 0 aliphatic carbocycles. The minimum Gasteiger partial charge on any atom is -0.493 e. The highest BCUT2D eigenvalue weighted by Crippen LogP contribution is 2.28. The van der Waals surface area contributed by atoms with Crippen molar-refractivity contribution in [2.75, 3.05) is 19.1 Å². The van der Waals surface area contributed by atoms with Crippen LogP contribution in [0.4, 0.5) is 5.69 Å². The molecular weight excluding hydrogens is 288 g/mol. The maximum absolute atomic E-state index is 5.87. The van der Waals surface area contributed by atoms with Gasteiger partial charge in [-0.2, -0.15) is 0 Å². The van der Waals surface area contributed by atoms with E-state index < -0.39 is 0 Å². The number of methoxy groups -OCH3 is 1. The van der Waals surface area contributed by atoms with Gasteiger partial charge in [-0.1, -0.05) is 38.1 Å². The molecule has 0 amide bonds. The van der Waals surface area contributed by atoms with Gasteiger partial charge in [-0.15, -0.1) is 0 Å². The van der Waals surface area contributed by atoms with Crippen LogP contribution in [0.5, 0.6) is 11.5 Å². The second-order valence-electron chi connectivity index (χ2n) is 5.86. The van der Waals surface area contributed by atoms with Crippen LogP contribution >= 0.6 is 0 Å². The van der Waals surface area contributed by atoms with Crippen LogP contribution < -0.4 is 20.3 Å². The summed E-state index contributed by atoms with van der Waals surface area (Å²) in [6, 6.07) is 16.0. The summed E-state index contributed by atoms with van der Waals surface area (Å²) < 4.78 is 11.2. The van der Waals surface area contributed by atoms with Crippen molar-refractivity contribution in [3.63, 3.8) is 0 Å². The van der Waals surface area contributed by atoms with Crippen molar-refractivity contribution in [3.8, 4) is 11.5 Å². The molecule has 0 unspecified atom stereocenters. The van der Waals surface area contributed by atoms with Gasteiger partial charge in [0, 0.05) is 12.2 Å². The molecule has 0 bridgehead atoms. The zero-order chi connectivity index (χ0) is 16.5. The first kappa shape index (κ1) is 17.2. The van der Waals surface area contributed by atoms with Crippen molar-refractivity contribution in [1.29, 1.82) is 0 Å². The van der Waals surface area contributed by atoms with Crippen molar-refractivity contribution >= 4 is 5.69 Å². The summed E-state index contributed by atoms with van der Waals surface area (Å²) >= 11 is 0. The van der Waals surface area contributed by atoms with Crippen LogP contribution in [-0.2, 0) is 6.54 Å². The highest BCUT2D eigenvalue weighted by atomic mass is 16.5. The molecule has 23 heavy (non-hydrogen) atoms. The first-order valence-corrected chi connectivity index (χ1v) is 8.02. The molecule has 0 atom stereocenters. The Bertz CT molecular complexity index is 585. The summed E-state index contributed by atoms with van der Waals surface area (Å²) in [5, 5.41) is 0. The summed E-state index contributed by atoms with van der Waals surface area (Å²) in [5.74, 6) is 2.20. The molecule has 0 fully saturated rings. The van der Waals surface area contributed by atoms with E-state index in [1.54, 1.807) is 7.11 Å².